The van der Waals surface area contributed by atoms with E-state index in [1.807, 2.05) is 4.90 Å². The first-order valence-corrected chi connectivity index (χ1v) is 5.74. The maximum Gasteiger partial charge on any atom is 0.223 e. The van der Waals surface area contributed by atoms with Crippen LogP contribution in [0.2, 0.25) is 0 Å². The Kier molecular flexibility index (Phi) is 6.37. The zero-order valence-corrected chi connectivity index (χ0v) is 10.2. The first-order chi connectivity index (χ1) is 7.77. The van der Waals surface area contributed by atoms with Gasteiger partial charge in [-0.05, 0) is 19.0 Å². The summed E-state index contributed by atoms with van der Waals surface area (Å²) in [6.07, 6.45) is 0.639. The van der Waals surface area contributed by atoms with E-state index in [1.54, 1.807) is 14.2 Å². The fourth-order valence-electron chi connectivity index (χ4n) is 1.63. The molecule has 1 N–H and O–H groups in total. The second-order valence-electron chi connectivity index (χ2n) is 4.09. The molecule has 0 radical (unpaired) electrons. The van der Waals surface area contributed by atoms with E-state index < -0.39 is 0 Å². The molecule has 94 valence electrons. The Hall–Kier alpha value is -0.650. The molecule has 1 fully saturated rings. The third-order valence-corrected chi connectivity index (χ3v) is 2.81. The molecule has 1 heterocycles. The fourth-order valence-corrected chi connectivity index (χ4v) is 1.63. The van der Waals surface area contributed by atoms with Gasteiger partial charge < -0.3 is 19.7 Å². The van der Waals surface area contributed by atoms with Gasteiger partial charge in [-0.3, -0.25) is 4.79 Å². The Balaban J connectivity index is 2.29. The molecule has 16 heavy (non-hydrogen) atoms. The van der Waals surface area contributed by atoms with Crippen molar-refractivity contribution in [3.63, 3.8) is 0 Å². The molecule has 0 bridgehead atoms. The standard InChI is InChI=1S/C11H22N2O3/c1-15-5-3-13(4-6-16-2)11(14)7-10-8-12-9-10/h10,12H,3-9H2,1-2H3. The molecule has 0 unspecified atom stereocenters. The van der Waals surface area contributed by atoms with Crippen LogP contribution in [0.1, 0.15) is 6.42 Å². The Morgan fingerprint density at radius 3 is 2.19 bits per heavy atom. The molecule has 0 saturated carbocycles. The summed E-state index contributed by atoms with van der Waals surface area (Å²) < 4.78 is 10.0. The number of hydrogen-bond donors (Lipinski definition) is 1. The van der Waals surface area contributed by atoms with Gasteiger partial charge >= 0.3 is 0 Å². The van der Waals surface area contributed by atoms with Crippen molar-refractivity contribution in [2.75, 3.05) is 53.6 Å². The Labute approximate surface area is 97.1 Å². The minimum absolute atomic E-state index is 0.209. The lowest BCUT2D eigenvalue weighted by Gasteiger charge is -2.29. The van der Waals surface area contributed by atoms with Crippen LogP contribution in [0.5, 0.6) is 0 Å². The molecule has 1 aliphatic heterocycles. The highest BCUT2D eigenvalue weighted by Crippen LogP contribution is 2.10. The van der Waals surface area contributed by atoms with Crippen LogP contribution in [0.25, 0.3) is 0 Å². The number of carbonyl (C=O) groups excluding carboxylic acids is 1. The van der Waals surface area contributed by atoms with Crippen molar-refractivity contribution in [3.8, 4) is 0 Å². The minimum atomic E-state index is 0.209. The number of ether oxygens (including phenoxy) is 2. The maximum absolute atomic E-state index is 11.9. The zero-order chi connectivity index (χ0) is 11.8. The third kappa shape index (κ3) is 4.47. The lowest BCUT2D eigenvalue weighted by molar-refractivity contribution is -0.133. The van der Waals surface area contributed by atoms with Gasteiger partial charge in [-0.2, -0.15) is 0 Å². The Morgan fingerprint density at radius 2 is 1.81 bits per heavy atom. The molecule has 5 heteroatoms. The number of amides is 1. The molecule has 0 aromatic heterocycles. The fraction of sp³-hybridized carbons (Fsp3) is 0.909. The highest BCUT2D eigenvalue weighted by Gasteiger charge is 2.23. The van der Waals surface area contributed by atoms with E-state index in [1.165, 1.54) is 0 Å². The largest absolute Gasteiger partial charge is 0.383 e. The molecular weight excluding hydrogens is 208 g/mol. The van der Waals surface area contributed by atoms with E-state index >= 15 is 0 Å². The molecular formula is C11H22N2O3. The molecule has 0 aromatic rings. The zero-order valence-electron chi connectivity index (χ0n) is 10.2. The lowest BCUT2D eigenvalue weighted by atomic mass is 9.99. The summed E-state index contributed by atoms with van der Waals surface area (Å²) in [4.78, 5) is 13.8. The summed E-state index contributed by atoms with van der Waals surface area (Å²) in [7, 11) is 3.30. The van der Waals surface area contributed by atoms with E-state index in [0.717, 1.165) is 13.1 Å². The highest BCUT2D eigenvalue weighted by atomic mass is 16.5. The molecule has 1 saturated heterocycles. The first kappa shape index (κ1) is 13.4. The molecule has 0 aromatic carbocycles. The van der Waals surface area contributed by atoms with Gasteiger partial charge in [0, 0.05) is 33.7 Å². The summed E-state index contributed by atoms with van der Waals surface area (Å²) in [5.74, 6) is 0.723. The van der Waals surface area contributed by atoms with E-state index in [9.17, 15) is 4.79 Å². The predicted octanol–water partition coefficient (Wildman–Crippen LogP) is -0.283. The molecule has 0 atom stereocenters. The van der Waals surface area contributed by atoms with Gasteiger partial charge in [0.2, 0.25) is 5.91 Å². The quantitative estimate of drug-likeness (QED) is 0.623. The van der Waals surface area contributed by atoms with Crippen LogP contribution in [0.4, 0.5) is 0 Å². The average molecular weight is 230 g/mol. The van der Waals surface area contributed by atoms with Crippen molar-refractivity contribution in [1.29, 1.82) is 0 Å². The third-order valence-electron chi connectivity index (χ3n) is 2.81. The first-order valence-electron chi connectivity index (χ1n) is 5.74. The molecule has 1 amide bonds. The number of hydrogen-bond acceptors (Lipinski definition) is 4. The predicted molar refractivity (Wildman–Crippen MR) is 61.3 cm³/mol. The van der Waals surface area contributed by atoms with Crippen LogP contribution in [0, 0.1) is 5.92 Å². The summed E-state index contributed by atoms with van der Waals surface area (Å²) in [6.45, 7) is 4.40. The van der Waals surface area contributed by atoms with Gasteiger partial charge in [0.05, 0.1) is 13.2 Å². The number of carbonyl (C=O) groups is 1. The monoisotopic (exact) mass is 230 g/mol. The van der Waals surface area contributed by atoms with Gasteiger partial charge in [-0.1, -0.05) is 0 Å². The van der Waals surface area contributed by atoms with E-state index in [2.05, 4.69) is 5.32 Å². The number of rotatable bonds is 8. The van der Waals surface area contributed by atoms with Crippen LogP contribution in [0.15, 0.2) is 0 Å². The van der Waals surface area contributed by atoms with Crippen LogP contribution >= 0.6 is 0 Å². The van der Waals surface area contributed by atoms with E-state index in [4.69, 9.17) is 9.47 Å². The number of nitrogens with zero attached hydrogens (tertiary/aromatic N) is 1. The summed E-state index contributed by atoms with van der Waals surface area (Å²) >= 11 is 0. The Morgan fingerprint density at radius 1 is 1.25 bits per heavy atom. The van der Waals surface area contributed by atoms with Gasteiger partial charge in [0.15, 0.2) is 0 Å². The molecule has 0 aliphatic carbocycles. The molecule has 0 spiro atoms. The smallest absolute Gasteiger partial charge is 0.223 e. The van der Waals surface area contributed by atoms with Crippen molar-refractivity contribution in [1.82, 2.24) is 10.2 Å². The number of methoxy groups -OCH3 is 2. The molecule has 1 rings (SSSR count). The molecule has 1 aliphatic rings. The van der Waals surface area contributed by atoms with Gasteiger partial charge in [0.25, 0.3) is 0 Å². The average Bonchev–Trinajstić information content (AvgIpc) is 2.23. The van der Waals surface area contributed by atoms with Crippen molar-refractivity contribution in [3.05, 3.63) is 0 Å². The minimum Gasteiger partial charge on any atom is -0.383 e. The lowest BCUT2D eigenvalue weighted by Crippen LogP contribution is -2.46. The van der Waals surface area contributed by atoms with Crippen LogP contribution < -0.4 is 5.32 Å². The van der Waals surface area contributed by atoms with Crippen molar-refractivity contribution in [2.45, 2.75) is 6.42 Å². The van der Waals surface area contributed by atoms with Crippen molar-refractivity contribution in [2.24, 2.45) is 5.92 Å². The maximum atomic E-state index is 11.9. The Bertz CT molecular complexity index is 199. The molecule has 5 nitrogen and oxygen atoms in total. The normalized spacial score (nSPS) is 15.9. The topological polar surface area (TPSA) is 50.8 Å². The SMILES string of the molecule is COCCN(CCOC)C(=O)CC1CNC1. The van der Waals surface area contributed by atoms with Crippen molar-refractivity contribution < 1.29 is 14.3 Å². The van der Waals surface area contributed by atoms with Crippen LogP contribution in [-0.2, 0) is 14.3 Å². The van der Waals surface area contributed by atoms with E-state index in [0.29, 0.717) is 38.6 Å². The summed E-state index contributed by atoms with van der Waals surface area (Å²) in [6, 6.07) is 0. The van der Waals surface area contributed by atoms with Gasteiger partial charge in [-0.25, -0.2) is 0 Å². The van der Waals surface area contributed by atoms with Crippen LogP contribution in [0.3, 0.4) is 0 Å². The second-order valence-corrected chi connectivity index (χ2v) is 4.09. The van der Waals surface area contributed by atoms with Crippen LogP contribution in [-0.4, -0.2) is 64.4 Å². The summed E-state index contributed by atoms with van der Waals surface area (Å²) in [5, 5.41) is 3.17. The summed E-state index contributed by atoms with van der Waals surface area (Å²) in [5.41, 5.74) is 0. The van der Waals surface area contributed by atoms with Crippen molar-refractivity contribution >= 4 is 5.91 Å². The number of nitrogens with one attached hydrogen (secondary N) is 1. The van der Waals surface area contributed by atoms with Gasteiger partial charge in [-0.15, -0.1) is 0 Å². The van der Waals surface area contributed by atoms with Gasteiger partial charge in [0.1, 0.15) is 0 Å². The van der Waals surface area contributed by atoms with E-state index in [-0.39, 0.29) is 5.91 Å². The highest BCUT2D eigenvalue weighted by molar-refractivity contribution is 5.76. The second kappa shape index (κ2) is 7.60.